The number of azo groups is 1. The molecular weight excluding hydrogens is 568 g/mol. The van der Waals surface area contributed by atoms with Gasteiger partial charge in [-0.3, -0.25) is 9.35 Å². The Hall–Kier alpha value is -5.45. The second-order valence-electron chi connectivity index (χ2n) is 9.68. The number of nitrogens with zero attached hydrogens (tertiary/aromatic N) is 2. The van der Waals surface area contributed by atoms with Crippen molar-refractivity contribution in [3.8, 4) is 5.75 Å². The fraction of sp³-hybridized carbons (Fsp3) is 0.0303. The summed E-state index contributed by atoms with van der Waals surface area (Å²) in [6, 6.07) is 31.3. The highest BCUT2D eigenvalue weighted by Crippen LogP contribution is 2.43. The van der Waals surface area contributed by atoms with Gasteiger partial charge < -0.3 is 9.52 Å². The second-order valence-corrected chi connectivity index (χ2v) is 11.1. The van der Waals surface area contributed by atoms with E-state index < -0.39 is 49.3 Å². The average molecular weight is 591 g/mol. The van der Waals surface area contributed by atoms with Crippen LogP contribution in [0.25, 0.3) is 21.7 Å². The Morgan fingerprint density at radius 2 is 1.42 bits per heavy atom. The lowest BCUT2D eigenvalue weighted by Gasteiger charge is -2.18. The summed E-state index contributed by atoms with van der Waals surface area (Å²) in [6.07, 6.45) is 0. The Kier molecular flexibility index (Phi) is 7.14. The lowest BCUT2D eigenvalue weighted by Crippen LogP contribution is -2.22. The maximum absolute atomic E-state index is 13.9. The molecule has 2 N–H and O–H groups in total. The van der Waals surface area contributed by atoms with E-state index in [2.05, 4.69) is 10.2 Å². The van der Waals surface area contributed by atoms with Crippen LogP contribution in [0.2, 0.25) is 0 Å². The summed E-state index contributed by atoms with van der Waals surface area (Å²) in [6.45, 7) is 0. The summed E-state index contributed by atoms with van der Waals surface area (Å²) >= 11 is 0. The number of benzene rings is 5. The highest BCUT2D eigenvalue weighted by molar-refractivity contribution is 7.86. The molecule has 0 amide bonds. The van der Waals surface area contributed by atoms with Gasteiger partial charge in [-0.2, -0.15) is 8.42 Å². The predicted molar refractivity (Wildman–Crippen MR) is 161 cm³/mol. The van der Waals surface area contributed by atoms with Crippen LogP contribution in [0, 0.1) is 0 Å². The fourth-order valence-electron chi connectivity index (χ4n) is 5.08. The molecule has 43 heavy (non-hydrogen) atoms. The van der Waals surface area contributed by atoms with Gasteiger partial charge in [0.2, 0.25) is 0 Å². The molecule has 0 spiro atoms. The van der Waals surface area contributed by atoms with Crippen molar-refractivity contribution >= 4 is 49.0 Å². The zero-order valence-electron chi connectivity index (χ0n) is 22.3. The van der Waals surface area contributed by atoms with Gasteiger partial charge in [-0.1, -0.05) is 97.1 Å². The van der Waals surface area contributed by atoms with Crippen molar-refractivity contribution in [2.45, 2.75) is 10.8 Å². The normalized spacial score (nSPS) is 12.6. The number of aromatic hydroxyl groups is 1. The molecule has 9 nitrogen and oxygen atoms in total. The monoisotopic (exact) mass is 590 g/mol. The molecule has 1 aromatic heterocycles. The molecule has 0 saturated heterocycles. The van der Waals surface area contributed by atoms with Crippen molar-refractivity contribution in [1.82, 2.24) is 0 Å². The van der Waals surface area contributed by atoms with Crippen LogP contribution in [0.5, 0.6) is 5.75 Å². The summed E-state index contributed by atoms with van der Waals surface area (Å²) < 4.78 is 40.5. The van der Waals surface area contributed by atoms with Crippen LogP contribution in [-0.2, 0) is 10.1 Å². The van der Waals surface area contributed by atoms with Crippen LogP contribution in [0.1, 0.15) is 27.4 Å². The van der Waals surface area contributed by atoms with Crippen molar-refractivity contribution in [2.75, 3.05) is 0 Å². The Labute approximate surface area is 245 Å². The Morgan fingerprint density at radius 1 is 0.767 bits per heavy atom. The standard InChI is InChI=1S/C33H22N2O7S/c36-31(22-13-5-2-6-14-22)27(21-11-3-1-4-12-21)29-32(37)28-25(42-33(29)38)18-19-26(43(39,40)41)30(28)35-34-24-17-9-15-20-10-7-8-16-23(20)24/h1-19,27,37H,(H,39,40,41)/b35-34+. The molecule has 0 aliphatic carbocycles. The lowest BCUT2D eigenvalue weighted by molar-refractivity contribution is 0.0971. The quantitative estimate of drug-likeness (QED) is 0.0856. The Balaban J connectivity index is 1.65. The van der Waals surface area contributed by atoms with Crippen molar-refractivity contribution in [1.29, 1.82) is 0 Å². The van der Waals surface area contributed by atoms with Gasteiger partial charge in [-0.25, -0.2) is 4.79 Å². The van der Waals surface area contributed by atoms with Gasteiger partial charge in [0.15, 0.2) is 5.78 Å². The molecule has 0 saturated carbocycles. The number of fused-ring (bicyclic) bond motifs is 2. The molecule has 10 heteroatoms. The van der Waals surface area contributed by atoms with Crippen molar-refractivity contribution < 1.29 is 27.3 Å². The van der Waals surface area contributed by atoms with Gasteiger partial charge in [0.05, 0.1) is 22.6 Å². The van der Waals surface area contributed by atoms with E-state index in [1.165, 1.54) is 0 Å². The molecule has 0 aliphatic heterocycles. The topological polar surface area (TPSA) is 147 Å². The molecule has 5 aromatic carbocycles. The number of hydrogen-bond acceptors (Lipinski definition) is 8. The van der Waals surface area contributed by atoms with Crippen LogP contribution in [0.15, 0.2) is 140 Å². The van der Waals surface area contributed by atoms with Gasteiger partial charge in [-0.15, -0.1) is 10.2 Å². The summed E-state index contributed by atoms with van der Waals surface area (Å²) in [5.41, 5.74) is -1.05. The molecule has 0 bridgehead atoms. The molecule has 1 unspecified atom stereocenters. The molecule has 0 aliphatic rings. The first-order chi connectivity index (χ1) is 20.7. The van der Waals surface area contributed by atoms with E-state index in [1.807, 2.05) is 30.3 Å². The zero-order chi connectivity index (χ0) is 30.1. The van der Waals surface area contributed by atoms with Crippen LogP contribution in [-0.4, -0.2) is 23.9 Å². The van der Waals surface area contributed by atoms with Crippen LogP contribution in [0.4, 0.5) is 11.4 Å². The molecule has 1 atom stereocenters. The van der Waals surface area contributed by atoms with Crippen molar-refractivity contribution in [3.63, 3.8) is 0 Å². The number of carbonyl (C=O) groups excluding carboxylic acids is 1. The SMILES string of the molecule is O=C(c1ccccc1)C(c1ccccc1)c1c(O)c2c(/N=N/c3cccc4ccccc34)c(S(=O)(=O)O)ccc2oc1=O. The highest BCUT2D eigenvalue weighted by Gasteiger charge is 2.33. The number of Topliss-reactive ketones (excluding diaryl/α,β-unsaturated/α-hetero) is 1. The minimum Gasteiger partial charge on any atom is -0.506 e. The lowest BCUT2D eigenvalue weighted by atomic mass is 9.84. The van der Waals surface area contributed by atoms with Gasteiger partial charge >= 0.3 is 5.63 Å². The van der Waals surface area contributed by atoms with Crippen molar-refractivity contribution in [3.05, 3.63) is 142 Å². The molecule has 1 heterocycles. The minimum atomic E-state index is -4.89. The van der Waals surface area contributed by atoms with Crippen LogP contribution in [0.3, 0.4) is 0 Å². The Bertz CT molecular complexity index is 2210. The molecular formula is C33H22N2O7S. The first-order valence-corrected chi connectivity index (χ1v) is 14.5. The van der Waals surface area contributed by atoms with Gasteiger partial charge in [-0.05, 0) is 29.1 Å². The average Bonchev–Trinajstić information content (AvgIpc) is 3.01. The number of hydrogen-bond donors (Lipinski definition) is 2. The van der Waals surface area contributed by atoms with Gasteiger partial charge in [0, 0.05) is 10.9 Å². The van der Waals surface area contributed by atoms with E-state index >= 15 is 0 Å². The zero-order valence-corrected chi connectivity index (χ0v) is 23.1. The minimum absolute atomic E-state index is 0.218. The van der Waals surface area contributed by atoms with E-state index in [4.69, 9.17) is 4.42 Å². The third kappa shape index (κ3) is 5.21. The number of rotatable bonds is 7. The second kappa shape index (κ2) is 11.1. The maximum Gasteiger partial charge on any atom is 0.344 e. The van der Waals surface area contributed by atoms with E-state index in [1.54, 1.807) is 72.8 Å². The maximum atomic E-state index is 13.9. The predicted octanol–water partition coefficient (Wildman–Crippen LogP) is 7.33. The summed E-state index contributed by atoms with van der Waals surface area (Å²) in [5, 5.41) is 21.4. The Morgan fingerprint density at radius 3 is 2.14 bits per heavy atom. The van der Waals surface area contributed by atoms with E-state index in [-0.39, 0.29) is 16.5 Å². The van der Waals surface area contributed by atoms with Gasteiger partial charge in [0.25, 0.3) is 10.1 Å². The summed E-state index contributed by atoms with van der Waals surface area (Å²) in [5.74, 6) is -2.54. The first kappa shape index (κ1) is 27.7. The third-order valence-corrected chi connectivity index (χ3v) is 7.95. The van der Waals surface area contributed by atoms with E-state index in [9.17, 15) is 27.7 Å². The molecule has 0 radical (unpaired) electrons. The molecule has 212 valence electrons. The summed E-state index contributed by atoms with van der Waals surface area (Å²) in [7, 11) is -4.89. The van der Waals surface area contributed by atoms with E-state index in [0.717, 1.165) is 22.9 Å². The molecule has 6 aromatic rings. The highest BCUT2D eigenvalue weighted by atomic mass is 32.2. The van der Waals surface area contributed by atoms with Crippen LogP contribution >= 0.6 is 0 Å². The van der Waals surface area contributed by atoms with Gasteiger partial charge in [0.1, 0.15) is 21.9 Å². The number of ketones is 1. The fourth-order valence-corrected chi connectivity index (χ4v) is 5.71. The van der Waals surface area contributed by atoms with Crippen LogP contribution < -0.4 is 5.63 Å². The van der Waals surface area contributed by atoms with E-state index in [0.29, 0.717) is 11.3 Å². The molecule has 6 rings (SSSR count). The smallest absolute Gasteiger partial charge is 0.344 e. The van der Waals surface area contributed by atoms with Crippen molar-refractivity contribution in [2.24, 2.45) is 10.2 Å². The largest absolute Gasteiger partial charge is 0.506 e. The number of carbonyl (C=O) groups is 1. The third-order valence-electron chi connectivity index (χ3n) is 7.06. The summed E-state index contributed by atoms with van der Waals surface area (Å²) in [4.78, 5) is 26.6. The molecule has 0 fully saturated rings. The first-order valence-electron chi connectivity index (χ1n) is 13.1.